The summed E-state index contributed by atoms with van der Waals surface area (Å²) in [7, 11) is 1.60. The zero-order valence-corrected chi connectivity index (χ0v) is 15.1. The first-order valence-electron chi connectivity index (χ1n) is 7.93. The van der Waals surface area contributed by atoms with Crippen molar-refractivity contribution in [1.82, 2.24) is 10.9 Å². The summed E-state index contributed by atoms with van der Waals surface area (Å²) in [5, 5.41) is 6.33. The molecule has 0 aromatic heterocycles. The third-order valence-corrected chi connectivity index (χ3v) is 3.66. The van der Waals surface area contributed by atoms with Gasteiger partial charge in [0.25, 0.3) is 5.91 Å². The molecule has 0 radical (unpaired) electrons. The van der Waals surface area contributed by atoms with Crippen molar-refractivity contribution in [1.29, 1.82) is 0 Å². The second-order valence-corrected chi connectivity index (χ2v) is 5.67. The molecule has 0 bridgehead atoms. The molecule has 2 rings (SSSR count). The molecule has 4 N–H and O–H groups in total. The van der Waals surface area contributed by atoms with Crippen LogP contribution in [0.4, 0.5) is 11.4 Å². The summed E-state index contributed by atoms with van der Waals surface area (Å²) in [5.41, 5.74) is 8.12. The van der Waals surface area contributed by atoms with E-state index in [9.17, 15) is 4.79 Å². The monoisotopic (exact) mass is 358 g/mol. The Bertz CT molecular complexity index is 719. The van der Waals surface area contributed by atoms with Crippen LogP contribution in [0.25, 0.3) is 0 Å². The van der Waals surface area contributed by atoms with Gasteiger partial charge in [-0.1, -0.05) is 25.1 Å². The minimum Gasteiger partial charge on any atom is -0.497 e. The van der Waals surface area contributed by atoms with E-state index in [1.54, 1.807) is 7.11 Å². The highest BCUT2D eigenvalue weighted by atomic mass is 32.1. The Labute approximate surface area is 152 Å². The number of anilines is 2. The fourth-order valence-corrected chi connectivity index (χ4v) is 2.24. The molecule has 0 fully saturated rings. The van der Waals surface area contributed by atoms with Crippen LogP contribution in [0.1, 0.15) is 12.5 Å². The third-order valence-electron chi connectivity index (χ3n) is 3.46. The lowest BCUT2D eigenvalue weighted by molar-refractivity contribution is -0.119. The topological polar surface area (TPSA) is 74.4 Å². The number of hydrogen-bond acceptors (Lipinski definition) is 4. The summed E-state index contributed by atoms with van der Waals surface area (Å²) in [4.78, 5) is 11.9. The molecule has 25 heavy (non-hydrogen) atoms. The second-order valence-electron chi connectivity index (χ2n) is 5.26. The van der Waals surface area contributed by atoms with E-state index in [-0.39, 0.29) is 12.5 Å². The number of amides is 1. The number of methoxy groups -OCH3 is 1. The Morgan fingerprint density at radius 3 is 2.52 bits per heavy atom. The van der Waals surface area contributed by atoms with Crippen molar-refractivity contribution in [3.8, 4) is 5.75 Å². The van der Waals surface area contributed by atoms with Crippen molar-refractivity contribution in [2.24, 2.45) is 0 Å². The molecular formula is C18H22N4O2S. The van der Waals surface area contributed by atoms with Crippen molar-refractivity contribution in [3.63, 3.8) is 0 Å². The van der Waals surface area contributed by atoms with E-state index in [2.05, 4.69) is 28.4 Å². The largest absolute Gasteiger partial charge is 0.497 e. The lowest BCUT2D eigenvalue weighted by Gasteiger charge is -2.13. The molecule has 0 saturated carbocycles. The highest BCUT2D eigenvalue weighted by molar-refractivity contribution is 7.80. The number of ether oxygens (including phenoxy) is 1. The fourth-order valence-electron chi connectivity index (χ4n) is 2.07. The Balaban J connectivity index is 1.72. The van der Waals surface area contributed by atoms with Gasteiger partial charge >= 0.3 is 0 Å². The van der Waals surface area contributed by atoms with Crippen molar-refractivity contribution in [2.45, 2.75) is 13.3 Å². The van der Waals surface area contributed by atoms with E-state index < -0.39 is 0 Å². The van der Waals surface area contributed by atoms with Gasteiger partial charge in [-0.05, 0) is 48.5 Å². The predicted molar refractivity (Wildman–Crippen MR) is 105 cm³/mol. The number of nitrogens with one attached hydrogen (secondary N) is 4. The number of thiocarbonyl (C=S) groups is 1. The molecular weight excluding hydrogens is 336 g/mol. The molecule has 0 saturated heterocycles. The third kappa shape index (κ3) is 6.31. The molecule has 0 aliphatic rings. The zero-order chi connectivity index (χ0) is 18.1. The molecule has 0 unspecified atom stereocenters. The number of hydrazine groups is 1. The van der Waals surface area contributed by atoms with Crippen LogP contribution >= 0.6 is 12.2 Å². The maximum atomic E-state index is 11.9. The Morgan fingerprint density at radius 2 is 1.84 bits per heavy atom. The van der Waals surface area contributed by atoms with Crippen LogP contribution in [-0.2, 0) is 11.2 Å². The van der Waals surface area contributed by atoms with Gasteiger partial charge in [0.05, 0.1) is 13.7 Å². The van der Waals surface area contributed by atoms with Crippen molar-refractivity contribution in [3.05, 3.63) is 54.1 Å². The lowest BCUT2D eigenvalue weighted by Crippen LogP contribution is -2.45. The van der Waals surface area contributed by atoms with Gasteiger partial charge in [0.2, 0.25) is 0 Å². The van der Waals surface area contributed by atoms with Crippen LogP contribution in [0.5, 0.6) is 5.75 Å². The van der Waals surface area contributed by atoms with Crippen LogP contribution in [0, 0.1) is 0 Å². The molecule has 2 aromatic carbocycles. The van der Waals surface area contributed by atoms with Gasteiger partial charge in [-0.2, -0.15) is 0 Å². The molecule has 1 amide bonds. The molecule has 6 nitrogen and oxygen atoms in total. The summed E-state index contributed by atoms with van der Waals surface area (Å²) in [6, 6.07) is 15.3. The second kappa shape index (κ2) is 9.48. The molecule has 0 spiro atoms. The highest BCUT2D eigenvalue weighted by Gasteiger charge is 2.03. The summed E-state index contributed by atoms with van der Waals surface area (Å²) in [6.07, 6.45) is 0.985. The Kier molecular flexibility index (Phi) is 7.03. The van der Waals surface area contributed by atoms with Gasteiger partial charge in [0.1, 0.15) is 5.75 Å². The average molecular weight is 358 g/mol. The summed E-state index contributed by atoms with van der Waals surface area (Å²) in [6.45, 7) is 2.21. The van der Waals surface area contributed by atoms with Gasteiger partial charge in [0, 0.05) is 17.4 Å². The maximum absolute atomic E-state index is 11.9. The molecule has 0 aliphatic heterocycles. The first-order chi connectivity index (χ1) is 12.1. The number of carbonyl (C=O) groups is 1. The van der Waals surface area contributed by atoms with Crippen LogP contribution < -0.4 is 26.2 Å². The lowest BCUT2D eigenvalue weighted by atomic mass is 10.1. The van der Waals surface area contributed by atoms with E-state index in [1.165, 1.54) is 5.56 Å². The minimum atomic E-state index is -0.242. The molecule has 132 valence electrons. The predicted octanol–water partition coefficient (Wildman–Crippen LogP) is 2.69. The van der Waals surface area contributed by atoms with Crippen LogP contribution in [0.2, 0.25) is 0 Å². The number of benzene rings is 2. The van der Waals surface area contributed by atoms with Gasteiger partial charge in [0.15, 0.2) is 5.11 Å². The maximum Gasteiger partial charge on any atom is 0.257 e. The molecule has 0 heterocycles. The van der Waals surface area contributed by atoms with E-state index in [0.717, 1.165) is 23.5 Å². The number of hydrogen-bond donors (Lipinski definition) is 4. The first-order valence-corrected chi connectivity index (χ1v) is 8.34. The zero-order valence-electron chi connectivity index (χ0n) is 14.3. The fraction of sp³-hybridized carbons (Fsp3) is 0.222. The Morgan fingerprint density at radius 1 is 1.08 bits per heavy atom. The molecule has 0 atom stereocenters. The van der Waals surface area contributed by atoms with E-state index in [4.69, 9.17) is 17.0 Å². The van der Waals surface area contributed by atoms with E-state index >= 15 is 0 Å². The standard InChI is InChI=1S/C18H22N4O2S/c1-3-13-7-9-14(10-8-13)20-18(25)22-21-17(23)12-19-15-5-4-6-16(11-15)24-2/h4-11,19H,3,12H2,1-2H3,(H,21,23)(H2,20,22,25). The molecule has 0 aliphatic carbocycles. The number of carbonyl (C=O) groups excluding carboxylic acids is 1. The highest BCUT2D eigenvalue weighted by Crippen LogP contribution is 2.16. The van der Waals surface area contributed by atoms with Crippen LogP contribution in [0.15, 0.2) is 48.5 Å². The average Bonchev–Trinajstić information content (AvgIpc) is 2.65. The van der Waals surface area contributed by atoms with Gasteiger partial charge in [-0.15, -0.1) is 0 Å². The summed E-state index contributed by atoms with van der Waals surface area (Å²) < 4.78 is 5.13. The summed E-state index contributed by atoms with van der Waals surface area (Å²) in [5.74, 6) is 0.483. The van der Waals surface area contributed by atoms with Crippen LogP contribution in [0.3, 0.4) is 0 Å². The summed E-state index contributed by atoms with van der Waals surface area (Å²) >= 11 is 5.15. The SMILES string of the molecule is CCc1ccc(NC(=S)NNC(=O)CNc2cccc(OC)c2)cc1. The minimum absolute atomic E-state index is 0.105. The smallest absolute Gasteiger partial charge is 0.257 e. The number of rotatable bonds is 6. The van der Waals surface area contributed by atoms with Crippen molar-refractivity contribution in [2.75, 3.05) is 24.3 Å². The van der Waals surface area contributed by atoms with Gasteiger partial charge in [-0.3, -0.25) is 15.6 Å². The molecule has 2 aromatic rings. The number of aryl methyl sites for hydroxylation is 1. The van der Waals surface area contributed by atoms with Crippen molar-refractivity contribution < 1.29 is 9.53 Å². The normalized spacial score (nSPS) is 9.84. The van der Waals surface area contributed by atoms with Gasteiger partial charge < -0.3 is 15.4 Å². The first kappa shape index (κ1) is 18.5. The van der Waals surface area contributed by atoms with Gasteiger partial charge in [-0.25, -0.2) is 0 Å². The van der Waals surface area contributed by atoms with Crippen LogP contribution in [-0.4, -0.2) is 24.7 Å². The van der Waals surface area contributed by atoms with Crippen molar-refractivity contribution >= 4 is 34.6 Å². The Hall–Kier alpha value is -2.80. The quantitative estimate of drug-likeness (QED) is 0.470. The van der Waals surface area contributed by atoms with E-state index in [1.807, 2.05) is 48.5 Å². The van der Waals surface area contributed by atoms with E-state index in [0.29, 0.717) is 5.11 Å². The molecule has 7 heteroatoms.